The number of rotatable bonds is 20. The van der Waals surface area contributed by atoms with Crippen molar-refractivity contribution in [3.8, 4) is 0 Å². The van der Waals surface area contributed by atoms with Crippen LogP contribution in [0.15, 0.2) is 69.9 Å². The van der Waals surface area contributed by atoms with Crippen LogP contribution in [0.5, 0.6) is 0 Å². The summed E-state index contributed by atoms with van der Waals surface area (Å²) in [6.07, 6.45) is 23.5. The fraction of sp³-hybridized carbons (Fsp3) is 0.600. The van der Waals surface area contributed by atoms with Gasteiger partial charge in [-0.15, -0.1) is 0 Å². The van der Waals surface area contributed by atoms with Gasteiger partial charge in [0.2, 0.25) is 0 Å². The van der Waals surface area contributed by atoms with E-state index < -0.39 is 15.6 Å². The molecule has 9 heteroatoms. The van der Waals surface area contributed by atoms with Crippen molar-refractivity contribution >= 4 is 15.6 Å². The molecule has 0 aliphatic heterocycles. The molecule has 0 aromatic heterocycles. The zero-order valence-corrected chi connectivity index (χ0v) is 26.9. The summed E-state index contributed by atoms with van der Waals surface area (Å²) in [5.41, 5.74) is 8.02. The van der Waals surface area contributed by atoms with Crippen molar-refractivity contribution in [3.05, 3.63) is 69.9 Å². The fourth-order valence-corrected chi connectivity index (χ4v) is 5.24. The minimum atomic E-state index is -5.09. The Morgan fingerprint density at radius 3 is 1.15 bits per heavy atom. The molecule has 0 saturated carbocycles. The van der Waals surface area contributed by atoms with Crippen molar-refractivity contribution in [2.75, 3.05) is 6.61 Å². The summed E-state index contributed by atoms with van der Waals surface area (Å²) in [5, 5.41) is 0. The zero-order valence-electron chi connectivity index (χ0n) is 25.1. The van der Waals surface area contributed by atoms with E-state index in [0.717, 1.165) is 69.8 Å². The van der Waals surface area contributed by atoms with Crippen LogP contribution in [0, 0.1) is 0 Å². The molecule has 0 aromatic rings. The number of phosphoric ester groups is 1. The molecule has 1 atom stereocenters. The summed E-state index contributed by atoms with van der Waals surface area (Å²) in [6.45, 7) is 14.7. The van der Waals surface area contributed by atoms with Crippen LogP contribution in [0.3, 0.4) is 0 Å². The molecule has 0 aromatic carbocycles. The van der Waals surface area contributed by atoms with Crippen molar-refractivity contribution in [1.29, 1.82) is 0 Å². The van der Waals surface area contributed by atoms with Gasteiger partial charge in [-0.2, -0.15) is 4.31 Å². The molecule has 0 rings (SSSR count). The zero-order chi connectivity index (χ0) is 29.9. The highest BCUT2D eigenvalue weighted by atomic mass is 31.3. The molecule has 1 unspecified atom stereocenters. The van der Waals surface area contributed by atoms with E-state index in [0.29, 0.717) is 0 Å². The van der Waals surface area contributed by atoms with Crippen molar-refractivity contribution in [2.45, 2.75) is 113 Å². The van der Waals surface area contributed by atoms with E-state index in [1.165, 1.54) is 27.9 Å². The van der Waals surface area contributed by atoms with E-state index in [-0.39, 0.29) is 6.61 Å². The summed E-state index contributed by atoms with van der Waals surface area (Å²) in [4.78, 5) is 26.4. The molecular formula is C30H52O7P2. The summed E-state index contributed by atoms with van der Waals surface area (Å²) < 4.78 is 30.4. The van der Waals surface area contributed by atoms with Crippen LogP contribution in [-0.4, -0.2) is 21.3 Å². The van der Waals surface area contributed by atoms with Crippen molar-refractivity contribution in [3.63, 3.8) is 0 Å². The van der Waals surface area contributed by atoms with Crippen LogP contribution in [0.25, 0.3) is 0 Å². The van der Waals surface area contributed by atoms with Crippen LogP contribution in [0.1, 0.15) is 113 Å². The van der Waals surface area contributed by atoms with Crippen LogP contribution in [-0.2, 0) is 18.0 Å². The highest BCUT2D eigenvalue weighted by Crippen LogP contribution is 2.57. The molecule has 0 heterocycles. The summed E-state index contributed by atoms with van der Waals surface area (Å²) >= 11 is 0. The Labute approximate surface area is 237 Å². The van der Waals surface area contributed by atoms with Crippen LogP contribution in [0.2, 0.25) is 0 Å². The van der Waals surface area contributed by atoms with Gasteiger partial charge in [-0.05, 0) is 113 Å². The maximum atomic E-state index is 11.4. The second-order valence-electron chi connectivity index (χ2n) is 10.6. The van der Waals surface area contributed by atoms with E-state index in [1.54, 1.807) is 6.08 Å². The quantitative estimate of drug-likeness (QED) is 0.0961. The van der Waals surface area contributed by atoms with Gasteiger partial charge in [0, 0.05) is 0 Å². The Bertz CT molecular complexity index is 1010. The summed E-state index contributed by atoms with van der Waals surface area (Å²) in [7, 11) is -9.88. The highest BCUT2D eigenvalue weighted by Gasteiger charge is 2.31. The third kappa shape index (κ3) is 25.4. The van der Waals surface area contributed by atoms with E-state index in [2.05, 4.69) is 80.8 Å². The summed E-state index contributed by atoms with van der Waals surface area (Å²) in [5.74, 6) is 0. The van der Waals surface area contributed by atoms with Gasteiger partial charge >= 0.3 is 15.6 Å². The fourth-order valence-electron chi connectivity index (χ4n) is 3.72. The number of phosphoric acid groups is 2. The monoisotopic (exact) mass is 586 g/mol. The molecule has 0 radical (unpaired) electrons. The van der Waals surface area contributed by atoms with E-state index in [4.69, 9.17) is 9.79 Å². The predicted octanol–water partition coefficient (Wildman–Crippen LogP) is 9.81. The second-order valence-corrected chi connectivity index (χ2v) is 13.4. The highest BCUT2D eigenvalue weighted by molar-refractivity contribution is 7.60. The standard InChI is InChI=1S/C30H52O7P2/c1-25(2)13-8-14-26(3)15-9-16-27(4)17-10-18-28(5)19-11-20-29(6)21-12-22-30(7)23-24-36-39(34,35)37-38(31,32)33/h13,15,17,19,21,23H,8-12,14,16,18,20,22,24H2,1-7H3,(H,34,35)(H2,31,32,33)/b26-15+,27-17+,28-19+,29-21-,30-23+. The van der Waals surface area contributed by atoms with Crippen molar-refractivity contribution < 1.29 is 32.6 Å². The summed E-state index contributed by atoms with van der Waals surface area (Å²) in [6, 6.07) is 0. The molecule has 0 spiro atoms. The van der Waals surface area contributed by atoms with Gasteiger partial charge in [0.15, 0.2) is 0 Å². The van der Waals surface area contributed by atoms with Gasteiger partial charge in [0.1, 0.15) is 0 Å². The lowest BCUT2D eigenvalue weighted by Crippen LogP contribution is -1.94. The molecule has 39 heavy (non-hydrogen) atoms. The van der Waals surface area contributed by atoms with Gasteiger partial charge in [-0.3, -0.25) is 4.52 Å². The number of allylic oxidation sites excluding steroid dienone is 11. The molecular weight excluding hydrogens is 534 g/mol. The number of hydrogen-bond donors (Lipinski definition) is 3. The Hall–Kier alpha value is -1.30. The van der Waals surface area contributed by atoms with Crippen LogP contribution >= 0.6 is 15.6 Å². The van der Waals surface area contributed by atoms with Crippen LogP contribution < -0.4 is 0 Å². The topological polar surface area (TPSA) is 113 Å². The molecule has 7 nitrogen and oxygen atoms in total. The van der Waals surface area contributed by atoms with Crippen molar-refractivity contribution in [2.24, 2.45) is 0 Å². The maximum absolute atomic E-state index is 11.4. The molecule has 3 N–H and O–H groups in total. The minimum Gasteiger partial charge on any atom is -0.302 e. The first kappa shape index (κ1) is 37.7. The van der Waals surface area contributed by atoms with Gasteiger partial charge in [0.05, 0.1) is 6.61 Å². The molecule has 0 aliphatic carbocycles. The smallest absolute Gasteiger partial charge is 0.302 e. The molecule has 0 amide bonds. The molecule has 0 aliphatic rings. The average molecular weight is 587 g/mol. The first-order valence-electron chi connectivity index (χ1n) is 13.8. The molecule has 0 bridgehead atoms. The van der Waals surface area contributed by atoms with Crippen LogP contribution in [0.4, 0.5) is 0 Å². The lowest BCUT2D eigenvalue weighted by Gasteiger charge is -2.11. The SMILES string of the molecule is CC(C)=CCC/C(C)=C/CC/C(C)=C/CC/C(C)=C/CC/C(C)=C\CC/C(C)=C/COP(=O)(O)OP(=O)(O)O. The number of hydrogen-bond acceptors (Lipinski definition) is 4. The molecule has 0 fully saturated rings. The van der Waals surface area contributed by atoms with Gasteiger partial charge in [-0.25, -0.2) is 9.13 Å². The Morgan fingerprint density at radius 2 is 0.846 bits per heavy atom. The normalized spacial score (nSPS) is 15.9. The Kier molecular flexibility index (Phi) is 19.9. The first-order chi connectivity index (χ1) is 18.1. The minimum absolute atomic E-state index is 0.269. The lowest BCUT2D eigenvalue weighted by atomic mass is 10.0. The third-order valence-corrected chi connectivity index (χ3v) is 8.25. The Balaban J connectivity index is 4.24. The lowest BCUT2D eigenvalue weighted by molar-refractivity contribution is 0.191. The van der Waals surface area contributed by atoms with E-state index in [9.17, 15) is 14.0 Å². The largest absolute Gasteiger partial charge is 0.481 e. The second kappa shape index (κ2) is 20.6. The average Bonchev–Trinajstić information content (AvgIpc) is 2.77. The van der Waals surface area contributed by atoms with Crippen molar-refractivity contribution in [1.82, 2.24) is 0 Å². The van der Waals surface area contributed by atoms with Gasteiger partial charge in [0.25, 0.3) is 0 Å². The molecule has 0 saturated heterocycles. The van der Waals surface area contributed by atoms with E-state index >= 15 is 0 Å². The third-order valence-electron chi connectivity index (χ3n) is 6.10. The predicted molar refractivity (Wildman–Crippen MR) is 163 cm³/mol. The van der Waals surface area contributed by atoms with Gasteiger partial charge in [-0.1, -0.05) is 69.9 Å². The first-order valence-corrected chi connectivity index (χ1v) is 16.8. The Morgan fingerprint density at radius 1 is 0.538 bits per heavy atom. The molecule has 224 valence electrons. The van der Waals surface area contributed by atoms with E-state index in [1.807, 2.05) is 6.92 Å². The van der Waals surface area contributed by atoms with Gasteiger partial charge < -0.3 is 14.7 Å². The maximum Gasteiger partial charge on any atom is 0.481 e.